The van der Waals surface area contributed by atoms with Gasteiger partial charge in [-0.1, -0.05) is 0 Å². The van der Waals surface area contributed by atoms with E-state index in [0.717, 1.165) is 4.90 Å². The molecule has 0 spiro atoms. The molecule has 1 N–H and O–H groups in total. The number of nitrogens with zero attached hydrogens (tertiary/aromatic N) is 1. The summed E-state index contributed by atoms with van der Waals surface area (Å²) in [7, 11) is 0. The number of alkyl halides is 3. The average molecular weight is 227 g/mol. The second-order valence-electron chi connectivity index (χ2n) is 3.20. The van der Waals surface area contributed by atoms with Crippen LogP contribution in [-0.4, -0.2) is 41.8 Å². The van der Waals surface area contributed by atoms with Gasteiger partial charge in [-0.2, -0.15) is 13.2 Å². The molecule has 0 unspecified atom stereocenters. The predicted octanol–water partition coefficient (Wildman–Crippen LogP) is 1.56. The van der Waals surface area contributed by atoms with Crippen LogP contribution >= 0.6 is 0 Å². The van der Waals surface area contributed by atoms with E-state index in [1.807, 2.05) is 0 Å². The molecule has 0 heterocycles. The van der Waals surface area contributed by atoms with Gasteiger partial charge < -0.3 is 10.0 Å². The second-order valence-corrected chi connectivity index (χ2v) is 3.20. The quantitative estimate of drug-likeness (QED) is 0.699. The first-order valence-electron chi connectivity index (χ1n) is 4.86. The Morgan fingerprint density at radius 1 is 1.33 bits per heavy atom. The first-order valence-corrected chi connectivity index (χ1v) is 4.86. The fourth-order valence-electron chi connectivity index (χ4n) is 1.14. The minimum Gasteiger partial charge on any atom is -0.396 e. The molecular weight excluding hydrogens is 211 g/mol. The SMILES string of the molecule is CCN(CC(F)(F)F)C(=O)CCCCO. The van der Waals surface area contributed by atoms with Crippen LogP contribution in [0.1, 0.15) is 26.2 Å². The number of aliphatic hydroxyl groups is 1. The van der Waals surface area contributed by atoms with E-state index in [-0.39, 0.29) is 19.6 Å². The first-order chi connectivity index (χ1) is 6.90. The summed E-state index contributed by atoms with van der Waals surface area (Å²) in [6.45, 7) is 0.327. The number of carbonyl (C=O) groups excluding carboxylic acids is 1. The third kappa shape index (κ3) is 7.18. The van der Waals surface area contributed by atoms with Crippen molar-refractivity contribution >= 4 is 5.91 Å². The van der Waals surface area contributed by atoms with Gasteiger partial charge in [0.1, 0.15) is 6.54 Å². The van der Waals surface area contributed by atoms with E-state index in [0.29, 0.717) is 12.8 Å². The van der Waals surface area contributed by atoms with Crippen molar-refractivity contribution in [3.8, 4) is 0 Å². The maximum Gasteiger partial charge on any atom is 0.406 e. The number of unbranched alkanes of at least 4 members (excludes halogenated alkanes) is 1. The van der Waals surface area contributed by atoms with E-state index in [2.05, 4.69) is 0 Å². The maximum absolute atomic E-state index is 12.0. The normalized spacial score (nSPS) is 11.5. The minimum absolute atomic E-state index is 0.0430. The lowest BCUT2D eigenvalue weighted by atomic mass is 10.2. The first kappa shape index (κ1) is 14.2. The molecular formula is C9H16F3NO2. The number of halogens is 3. The Bertz CT molecular complexity index is 194. The summed E-state index contributed by atoms with van der Waals surface area (Å²) in [5, 5.41) is 8.46. The van der Waals surface area contributed by atoms with Gasteiger partial charge in [0.15, 0.2) is 0 Å². The third-order valence-electron chi connectivity index (χ3n) is 1.90. The van der Waals surface area contributed by atoms with Crippen LogP contribution in [0.15, 0.2) is 0 Å². The molecule has 0 atom stereocenters. The topological polar surface area (TPSA) is 40.5 Å². The van der Waals surface area contributed by atoms with E-state index in [9.17, 15) is 18.0 Å². The number of aliphatic hydroxyl groups excluding tert-OH is 1. The van der Waals surface area contributed by atoms with Crippen LogP contribution in [0, 0.1) is 0 Å². The molecule has 0 aromatic carbocycles. The average Bonchev–Trinajstić information content (AvgIpc) is 2.13. The number of carbonyl (C=O) groups is 1. The van der Waals surface area contributed by atoms with Gasteiger partial charge in [0.2, 0.25) is 5.91 Å². The summed E-state index contributed by atoms with van der Waals surface area (Å²) in [4.78, 5) is 12.0. The van der Waals surface area contributed by atoms with E-state index in [1.165, 1.54) is 6.92 Å². The summed E-state index contributed by atoms with van der Waals surface area (Å²) < 4.78 is 36.0. The smallest absolute Gasteiger partial charge is 0.396 e. The van der Waals surface area contributed by atoms with Gasteiger partial charge in [-0.3, -0.25) is 4.79 Å². The molecule has 0 aromatic rings. The van der Waals surface area contributed by atoms with Crippen molar-refractivity contribution in [3.05, 3.63) is 0 Å². The highest BCUT2D eigenvalue weighted by molar-refractivity contribution is 5.76. The molecule has 3 nitrogen and oxygen atoms in total. The number of hydrogen-bond donors (Lipinski definition) is 1. The van der Waals surface area contributed by atoms with E-state index >= 15 is 0 Å². The molecule has 0 rings (SSSR count). The summed E-state index contributed by atoms with van der Waals surface area (Å²) in [5.74, 6) is -0.511. The Labute approximate surface area is 86.9 Å². The highest BCUT2D eigenvalue weighted by atomic mass is 19.4. The van der Waals surface area contributed by atoms with Crippen molar-refractivity contribution in [2.24, 2.45) is 0 Å². The van der Waals surface area contributed by atoms with Crippen molar-refractivity contribution in [2.45, 2.75) is 32.4 Å². The van der Waals surface area contributed by atoms with Crippen LogP contribution in [0.25, 0.3) is 0 Å². The van der Waals surface area contributed by atoms with Gasteiger partial charge in [0, 0.05) is 19.6 Å². The molecule has 0 bridgehead atoms. The molecule has 15 heavy (non-hydrogen) atoms. The molecule has 0 aromatic heterocycles. The van der Waals surface area contributed by atoms with Crippen LogP contribution in [-0.2, 0) is 4.79 Å². The summed E-state index contributed by atoms with van der Waals surface area (Å²) in [5.41, 5.74) is 0. The van der Waals surface area contributed by atoms with Crippen LogP contribution < -0.4 is 0 Å². The minimum atomic E-state index is -4.34. The zero-order chi connectivity index (χ0) is 11.9. The zero-order valence-electron chi connectivity index (χ0n) is 8.68. The molecule has 0 fully saturated rings. The van der Waals surface area contributed by atoms with Crippen LogP contribution in [0.4, 0.5) is 13.2 Å². The number of rotatable bonds is 6. The molecule has 0 radical (unpaired) electrons. The van der Waals surface area contributed by atoms with Gasteiger partial charge in [0.25, 0.3) is 0 Å². The number of amides is 1. The molecule has 1 amide bonds. The Morgan fingerprint density at radius 2 is 1.93 bits per heavy atom. The van der Waals surface area contributed by atoms with Crippen LogP contribution in [0.5, 0.6) is 0 Å². The van der Waals surface area contributed by atoms with Crippen molar-refractivity contribution in [2.75, 3.05) is 19.7 Å². The molecule has 0 aliphatic rings. The standard InChI is InChI=1S/C9H16F3NO2/c1-2-13(7-9(10,11)12)8(15)5-3-4-6-14/h14H,2-7H2,1H3. The van der Waals surface area contributed by atoms with Crippen molar-refractivity contribution in [3.63, 3.8) is 0 Å². The van der Waals surface area contributed by atoms with Gasteiger partial charge in [-0.05, 0) is 19.8 Å². The van der Waals surface area contributed by atoms with Crippen molar-refractivity contribution in [1.29, 1.82) is 0 Å². The molecule has 90 valence electrons. The Kier molecular flexibility index (Phi) is 6.31. The molecule has 0 saturated carbocycles. The Morgan fingerprint density at radius 3 is 2.33 bits per heavy atom. The fourth-order valence-corrected chi connectivity index (χ4v) is 1.14. The van der Waals surface area contributed by atoms with Gasteiger partial charge in [-0.25, -0.2) is 0 Å². The summed E-state index contributed by atoms with van der Waals surface area (Å²) in [6, 6.07) is 0. The second kappa shape index (κ2) is 6.66. The largest absolute Gasteiger partial charge is 0.406 e. The Hall–Kier alpha value is -0.780. The molecule has 0 aliphatic heterocycles. The van der Waals surface area contributed by atoms with Crippen LogP contribution in [0.3, 0.4) is 0 Å². The highest BCUT2D eigenvalue weighted by Gasteiger charge is 2.31. The van der Waals surface area contributed by atoms with Gasteiger partial charge in [0.05, 0.1) is 0 Å². The number of hydrogen-bond acceptors (Lipinski definition) is 2. The van der Waals surface area contributed by atoms with Crippen LogP contribution in [0.2, 0.25) is 0 Å². The summed E-state index contributed by atoms with van der Waals surface area (Å²) >= 11 is 0. The lowest BCUT2D eigenvalue weighted by Gasteiger charge is -2.22. The van der Waals surface area contributed by atoms with E-state index in [4.69, 9.17) is 5.11 Å². The lowest BCUT2D eigenvalue weighted by molar-refractivity contribution is -0.160. The third-order valence-corrected chi connectivity index (χ3v) is 1.90. The molecule has 0 saturated heterocycles. The monoisotopic (exact) mass is 227 g/mol. The molecule has 6 heteroatoms. The van der Waals surface area contributed by atoms with E-state index in [1.54, 1.807) is 0 Å². The maximum atomic E-state index is 12.0. The zero-order valence-corrected chi connectivity index (χ0v) is 8.68. The van der Waals surface area contributed by atoms with Gasteiger partial charge >= 0.3 is 6.18 Å². The molecule has 0 aliphatic carbocycles. The van der Waals surface area contributed by atoms with Crippen molar-refractivity contribution in [1.82, 2.24) is 4.90 Å². The Balaban J connectivity index is 4.00. The van der Waals surface area contributed by atoms with Crippen molar-refractivity contribution < 1.29 is 23.1 Å². The van der Waals surface area contributed by atoms with E-state index < -0.39 is 18.6 Å². The fraction of sp³-hybridized carbons (Fsp3) is 0.889. The summed E-state index contributed by atoms with van der Waals surface area (Å²) in [6.07, 6.45) is -3.42. The lowest BCUT2D eigenvalue weighted by Crippen LogP contribution is -2.38. The highest BCUT2D eigenvalue weighted by Crippen LogP contribution is 2.17. The predicted molar refractivity (Wildman–Crippen MR) is 49.2 cm³/mol. The van der Waals surface area contributed by atoms with Gasteiger partial charge in [-0.15, -0.1) is 0 Å².